The van der Waals surface area contributed by atoms with Crippen molar-refractivity contribution < 1.29 is 121 Å². The summed E-state index contributed by atoms with van der Waals surface area (Å²) < 4.78 is 121. The first-order valence-electron chi connectivity index (χ1n) is 33.5. The number of aromatic nitrogens is 10. The summed E-state index contributed by atoms with van der Waals surface area (Å²) in [5.74, 6) is 0. The van der Waals surface area contributed by atoms with Crippen LogP contribution in [0, 0.1) is 34.6 Å². The number of ether oxygens (including phenoxy) is 9. The third-order valence-electron chi connectivity index (χ3n) is 15.5. The first-order valence-corrected chi connectivity index (χ1v) is 32.0. The molecule has 0 radical (unpaired) electrons. The minimum Gasteiger partial charge on any atom is -0.453 e. The molecule has 0 spiro atoms. The monoisotopic (exact) mass is 1480 g/mol. The number of aliphatic hydroxyl groups excluding tert-OH is 12. The Morgan fingerprint density at radius 1 is 0.485 bits per heavy atom. The van der Waals surface area contributed by atoms with Crippen LogP contribution < -0.4 is 54.3 Å². The second-order valence-corrected chi connectivity index (χ2v) is 24.1. The number of aliphatic hydroxyl groups is 12. The van der Waals surface area contributed by atoms with E-state index in [-0.39, 0.29) is 88.0 Å². The van der Waals surface area contributed by atoms with Gasteiger partial charge in [0.25, 0.3) is 37.9 Å². The number of aromatic amines is 3. The van der Waals surface area contributed by atoms with Gasteiger partial charge in [-0.25, -0.2) is 14.4 Å². The average Bonchev–Trinajstić information content (AvgIpc) is 1.61. The number of fused-ring (bicyclic) bond motifs is 6. The molecule has 0 amide bonds. The maximum Gasteiger partial charge on any atom is 0.330 e. The molecular weight excluding hydrogens is 1380 g/mol. The zero-order valence-electron chi connectivity index (χ0n) is 61.8. The van der Waals surface area contributed by atoms with Gasteiger partial charge in [-0.1, -0.05) is 0 Å². The van der Waals surface area contributed by atoms with E-state index in [2.05, 4.69) is 44.4 Å². The first-order chi connectivity index (χ1) is 50.5. The van der Waals surface area contributed by atoms with E-state index in [1.165, 1.54) is 60.7 Å². The van der Waals surface area contributed by atoms with E-state index >= 15 is 0 Å². The van der Waals surface area contributed by atoms with Crippen molar-refractivity contribution >= 4 is 10.1 Å². The summed E-state index contributed by atoms with van der Waals surface area (Å²) in [6.07, 6.45) is -10.1. The molecule has 568 valence electrons. The van der Waals surface area contributed by atoms with E-state index in [9.17, 15) is 77.4 Å². The van der Waals surface area contributed by atoms with Gasteiger partial charge in [0.05, 0.1) is 64.2 Å². The molecule has 12 rings (SSSR count). The molecule has 5 aromatic heterocycles. The van der Waals surface area contributed by atoms with Gasteiger partial charge in [0.2, 0.25) is 4.29 Å². The lowest BCUT2D eigenvalue weighted by Gasteiger charge is -2.22. The maximum absolute atomic E-state index is 12.0. The molecule has 0 bridgehead atoms. The fourth-order valence-electron chi connectivity index (χ4n) is 10.4. The van der Waals surface area contributed by atoms with Gasteiger partial charge in [0.1, 0.15) is 61.0 Å². The maximum atomic E-state index is 12.0. The molecule has 7 aliphatic rings. The van der Waals surface area contributed by atoms with Crippen LogP contribution in [0.15, 0.2) is 69.3 Å². The SMILES string of the molecule is Cc1cn([C@@H]2O[C@H](CO)C(O)[C@@H]2O)c(=O)[nH]c1=O.Cc1cn2c(nc1=O)O[C@@H]1C(O)[C@@H](CO)O[C@H]12.[2H]C[C@H]1O[C@@H](n2cc(C)c(=O)[nH]c2=O)[C@@H](OCCO)C1O.[2H]C[C@H]1O[C@@H](n2cc(C)c(=O)[nH]c2=O)[C@@H](OCCOS(C)(=O)=O)C1O.[2H]C[C@H]1O[C@@H]2[C@H](Oc3nc(=O)c(C)cn32)C1O.[3H]OC.[3H]OC.[3H]OC. The molecular formula is C58H88N10O32S. The summed E-state index contributed by atoms with van der Waals surface area (Å²) in [6.45, 7) is 5.82. The van der Waals surface area contributed by atoms with Gasteiger partial charge in [0.15, 0.2) is 43.3 Å². The van der Waals surface area contributed by atoms with Crippen molar-refractivity contribution in [1.29, 1.82) is 4.29 Å². The van der Waals surface area contributed by atoms with Gasteiger partial charge in [-0.2, -0.15) is 18.4 Å². The second-order valence-electron chi connectivity index (χ2n) is 22.5. The number of rotatable bonds is 13. The highest BCUT2D eigenvalue weighted by atomic mass is 32.2. The van der Waals surface area contributed by atoms with Crippen LogP contribution in [0.2, 0.25) is 0 Å². The fraction of sp³-hybridized carbons (Fsp3) is 0.655. The summed E-state index contributed by atoms with van der Waals surface area (Å²) in [7, 11) is 0.245. The van der Waals surface area contributed by atoms with Crippen molar-refractivity contribution in [2.24, 2.45) is 0 Å². The molecule has 42 nitrogen and oxygen atoms in total. The van der Waals surface area contributed by atoms with E-state index in [4.69, 9.17) is 66.4 Å². The molecule has 5 aromatic rings. The van der Waals surface area contributed by atoms with Crippen LogP contribution in [-0.2, 0) is 47.5 Å². The van der Waals surface area contributed by atoms with Crippen LogP contribution in [0.5, 0.6) is 12.0 Å². The van der Waals surface area contributed by atoms with Crippen molar-refractivity contribution in [3.63, 3.8) is 0 Å². The molecule has 43 heteroatoms. The van der Waals surface area contributed by atoms with Gasteiger partial charge < -0.3 is 104 Å². The zero-order valence-corrected chi connectivity index (χ0v) is 56.6. The van der Waals surface area contributed by atoms with Gasteiger partial charge in [0, 0.05) is 84.2 Å². The van der Waals surface area contributed by atoms with Crippen LogP contribution in [0.25, 0.3) is 0 Å². The van der Waals surface area contributed by atoms with Crippen molar-refractivity contribution in [3.8, 4) is 12.0 Å². The van der Waals surface area contributed by atoms with Crippen molar-refractivity contribution in [3.05, 3.63) is 142 Å². The lowest BCUT2D eigenvalue weighted by molar-refractivity contribution is -0.0763. The van der Waals surface area contributed by atoms with Crippen LogP contribution in [0.3, 0.4) is 0 Å². The predicted molar refractivity (Wildman–Crippen MR) is 342 cm³/mol. The second kappa shape index (κ2) is 37.1. The highest BCUT2D eigenvalue weighted by Gasteiger charge is 2.52. The van der Waals surface area contributed by atoms with E-state index in [0.717, 1.165) is 20.0 Å². The highest BCUT2D eigenvalue weighted by molar-refractivity contribution is 7.86. The third kappa shape index (κ3) is 19.6. The Bertz CT molecular complexity index is 4210. The molecule has 7 aliphatic heterocycles. The summed E-state index contributed by atoms with van der Waals surface area (Å²) in [4.78, 5) is 106. The Balaban J connectivity index is 0.000000234. The number of hydrogen-bond acceptors (Lipinski definition) is 34. The molecule has 0 aromatic carbocycles. The van der Waals surface area contributed by atoms with E-state index in [1.807, 2.05) is 0 Å². The van der Waals surface area contributed by atoms with E-state index < -0.39 is 173 Å². The molecule has 5 fully saturated rings. The minimum absolute atomic E-state index is 0.0283. The first kappa shape index (κ1) is 74.7. The molecule has 5 saturated heterocycles. The predicted octanol–water partition coefficient (Wildman–Crippen LogP) is -8.58. The number of aryl methyl sites for hydroxylation is 5. The summed E-state index contributed by atoms with van der Waals surface area (Å²) in [5.41, 5.74) is -2.66. The molecule has 12 heterocycles. The smallest absolute Gasteiger partial charge is 0.330 e. The molecule has 20 atom stereocenters. The lowest BCUT2D eigenvalue weighted by atomic mass is 10.1. The van der Waals surface area contributed by atoms with Crippen LogP contribution in [0.4, 0.5) is 0 Å². The third-order valence-corrected chi connectivity index (χ3v) is 16.1. The van der Waals surface area contributed by atoms with E-state index in [1.54, 1.807) is 35.4 Å². The quantitative estimate of drug-likeness (QED) is 0.0384. The summed E-state index contributed by atoms with van der Waals surface area (Å²) in [6, 6.07) is 0.309. The van der Waals surface area contributed by atoms with Crippen molar-refractivity contribution in [2.45, 2.75) is 178 Å². The average molecular weight is 1480 g/mol. The van der Waals surface area contributed by atoms with Crippen molar-refractivity contribution in [1.82, 2.24) is 47.8 Å². The zero-order chi connectivity index (χ0) is 80.2. The molecule has 0 saturated carbocycles. The van der Waals surface area contributed by atoms with Crippen LogP contribution in [-0.4, -0.2) is 281 Å². The minimum atomic E-state index is -3.63. The normalized spacial score (nSPS) is 30.5. The number of nitrogens with one attached hydrogen (secondary N) is 3. The standard InChI is InChI=1S/C13H20N2O8S.C12H18N2O6.C10H14N2O6.C10H12N2O5.C10H12N2O4.3CH4O/c1-7-6-15(13(18)14-11(7)17)12-10(9(16)8(2)23-12)21-4-5-22-24(3,19)20;1-6-5-14(12(18)13-10(6)17)11-9(19-4-3-15)8(16)7(2)20-11;1-4-2-12(10(17)11-8(4)16)9-7(15)6(14)5(3-13)18-9;1-4-2-12-9-7(6(14)5(3-13)16-9)17-10(12)11-8(4)15;1-4-3-12-9-7(6(13)5(2)15-9)16-10(12)11-8(4)14;3*1-2/h6,8-10,12,16H,4-5H2,1-3H3,(H,14,17,18);5,7-9,11,15-16H,3-4H2,1-2H3,(H,13,17,18);2,5-7,9,13-15H,3H2,1H3,(H,11,16,17);2,5-7,9,13-14H,3H2,1H3;3,5-7,9,13H,1-2H3;3*2H,1H3/t8-,9?,10+,12-;7-,8?,9+,11-;5-,6?,7+,9-;2*5-,6?,7-,9-;;;/m11111.../s1/i2*2D;;;2D;3*2T. The number of hydrogen-bond donors (Lipinski definition) is 15. The van der Waals surface area contributed by atoms with Crippen LogP contribution in [0.1, 0.15) is 83.8 Å². The molecule has 15 N–H and O–H groups in total. The van der Waals surface area contributed by atoms with Crippen molar-refractivity contribution in [2.75, 3.05) is 67.2 Å². The Kier molecular flexibility index (Phi) is 27.5. The fourth-order valence-corrected chi connectivity index (χ4v) is 10.8. The summed E-state index contributed by atoms with van der Waals surface area (Å²) >= 11 is 0. The van der Waals surface area contributed by atoms with Gasteiger partial charge in [-0.15, -0.1) is 0 Å². The largest absolute Gasteiger partial charge is 0.453 e. The summed E-state index contributed by atoms with van der Waals surface area (Å²) in [5, 5.41) is 96.7. The van der Waals surface area contributed by atoms with E-state index in [0.29, 0.717) is 16.7 Å². The Morgan fingerprint density at radius 2 is 0.832 bits per heavy atom. The van der Waals surface area contributed by atoms with Crippen LogP contribution >= 0.6 is 0 Å². The Morgan fingerprint density at radius 3 is 1.22 bits per heavy atom. The van der Waals surface area contributed by atoms with Gasteiger partial charge in [-0.05, 0) is 55.3 Å². The highest BCUT2D eigenvalue weighted by Crippen LogP contribution is 2.40. The molecule has 101 heavy (non-hydrogen) atoms. The molecule has 5 unspecified atom stereocenters. The Labute approximate surface area is 580 Å². The lowest BCUT2D eigenvalue weighted by Crippen LogP contribution is -2.40. The van der Waals surface area contributed by atoms with Gasteiger partial charge in [-0.3, -0.25) is 65.9 Å². The van der Waals surface area contributed by atoms with Gasteiger partial charge >= 0.3 is 29.1 Å². The molecule has 0 aliphatic carbocycles. The number of nitrogens with zero attached hydrogens (tertiary/aromatic N) is 7. The Hall–Kier alpha value is -7.45. The topological polar surface area (TPSA) is 604 Å². The number of H-pyrrole nitrogens is 3.